The van der Waals surface area contributed by atoms with Crippen LogP contribution in [0.15, 0.2) is 22.4 Å². The Morgan fingerprint density at radius 2 is 2.35 bits per heavy atom. The summed E-state index contributed by atoms with van der Waals surface area (Å²) in [5.74, 6) is 0.430. The molecule has 2 rings (SSSR count). The van der Waals surface area contributed by atoms with Crippen molar-refractivity contribution in [2.45, 2.75) is 25.8 Å². The van der Waals surface area contributed by atoms with E-state index in [1.807, 2.05) is 12.3 Å². The Kier molecular flexibility index (Phi) is 3.91. The molecular formula is C11H12ClN3OS. The predicted molar refractivity (Wildman–Crippen MR) is 68.6 cm³/mol. The average Bonchev–Trinajstić information content (AvgIpc) is 2.76. The van der Waals surface area contributed by atoms with Crippen molar-refractivity contribution in [3.8, 4) is 0 Å². The van der Waals surface area contributed by atoms with Crippen molar-refractivity contribution >= 4 is 22.9 Å². The predicted octanol–water partition coefficient (Wildman–Crippen LogP) is 1.99. The van der Waals surface area contributed by atoms with Crippen molar-refractivity contribution in [1.82, 2.24) is 14.8 Å². The van der Waals surface area contributed by atoms with Crippen LogP contribution in [0.1, 0.15) is 16.3 Å². The highest BCUT2D eigenvalue weighted by Crippen LogP contribution is 2.12. The zero-order chi connectivity index (χ0) is 12.3. The van der Waals surface area contributed by atoms with Crippen LogP contribution >= 0.6 is 22.9 Å². The van der Waals surface area contributed by atoms with Gasteiger partial charge in [0.25, 0.3) is 5.56 Å². The summed E-state index contributed by atoms with van der Waals surface area (Å²) in [6.45, 7) is 2.40. The van der Waals surface area contributed by atoms with Gasteiger partial charge in [0.15, 0.2) is 0 Å². The molecule has 0 fully saturated rings. The van der Waals surface area contributed by atoms with E-state index in [2.05, 4.69) is 10.1 Å². The van der Waals surface area contributed by atoms with Gasteiger partial charge in [0.05, 0.1) is 29.3 Å². The van der Waals surface area contributed by atoms with E-state index in [4.69, 9.17) is 11.6 Å². The fraction of sp³-hybridized carbons (Fsp3) is 0.364. The lowest BCUT2D eigenvalue weighted by Crippen LogP contribution is -2.23. The van der Waals surface area contributed by atoms with Gasteiger partial charge in [-0.05, 0) is 12.5 Å². The van der Waals surface area contributed by atoms with Crippen LogP contribution in [0, 0.1) is 6.92 Å². The van der Waals surface area contributed by atoms with Crippen LogP contribution in [0.3, 0.4) is 0 Å². The number of hydrogen-bond donors (Lipinski definition) is 0. The van der Waals surface area contributed by atoms with Gasteiger partial charge >= 0.3 is 0 Å². The molecule has 2 aromatic rings. The lowest BCUT2D eigenvalue weighted by molar-refractivity contribution is 0.574. The third-order valence-electron chi connectivity index (χ3n) is 2.28. The molecule has 0 amide bonds. The molecule has 17 heavy (non-hydrogen) atoms. The zero-order valence-electron chi connectivity index (χ0n) is 9.39. The maximum Gasteiger partial charge on any atom is 0.266 e. The van der Waals surface area contributed by atoms with Crippen LogP contribution < -0.4 is 5.56 Å². The largest absolute Gasteiger partial charge is 0.268 e. The van der Waals surface area contributed by atoms with Crippen molar-refractivity contribution < 1.29 is 0 Å². The van der Waals surface area contributed by atoms with Crippen molar-refractivity contribution in [3.63, 3.8) is 0 Å². The number of aryl methyl sites for hydroxylation is 3. The molecule has 90 valence electrons. The fourth-order valence-corrected chi connectivity index (χ4v) is 2.43. The van der Waals surface area contributed by atoms with Gasteiger partial charge in [0, 0.05) is 17.9 Å². The minimum absolute atomic E-state index is 0.0703. The number of halogens is 1. The van der Waals surface area contributed by atoms with Gasteiger partial charge in [-0.15, -0.1) is 22.9 Å². The maximum absolute atomic E-state index is 11.6. The van der Waals surface area contributed by atoms with E-state index in [9.17, 15) is 4.79 Å². The standard InChI is InChI=1S/C11H12ClN3OS/c1-8-4-11(16)15(13-6-8)3-2-10-14-9(5-12)7-17-10/h4,6-7H,2-3,5H2,1H3. The summed E-state index contributed by atoms with van der Waals surface area (Å²) in [5, 5.41) is 6.99. The number of nitrogens with zero attached hydrogens (tertiary/aromatic N) is 3. The second kappa shape index (κ2) is 5.42. The van der Waals surface area contributed by atoms with E-state index in [1.165, 1.54) is 4.68 Å². The molecule has 0 saturated heterocycles. The topological polar surface area (TPSA) is 47.8 Å². The summed E-state index contributed by atoms with van der Waals surface area (Å²) in [7, 11) is 0. The van der Waals surface area contributed by atoms with Crippen LogP contribution in [0.4, 0.5) is 0 Å². The number of hydrogen-bond acceptors (Lipinski definition) is 4. The van der Waals surface area contributed by atoms with Gasteiger partial charge in [0.1, 0.15) is 0 Å². The molecule has 0 N–H and O–H groups in total. The first-order chi connectivity index (χ1) is 8.19. The summed E-state index contributed by atoms with van der Waals surface area (Å²) in [6, 6.07) is 1.58. The summed E-state index contributed by atoms with van der Waals surface area (Å²) in [4.78, 5) is 15.9. The first kappa shape index (κ1) is 12.3. The van der Waals surface area contributed by atoms with Gasteiger partial charge in [0.2, 0.25) is 0 Å². The first-order valence-electron chi connectivity index (χ1n) is 5.22. The lowest BCUT2D eigenvalue weighted by Gasteiger charge is -2.02. The number of aromatic nitrogens is 3. The van der Waals surface area contributed by atoms with Gasteiger partial charge in [-0.1, -0.05) is 0 Å². The smallest absolute Gasteiger partial charge is 0.266 e. The van der Waals surface area contributed by atoms with E-state index >= 15 is 0 Å². The molecule has 0 aliphatic heterocycles. The Morgan fingerprint density at radius 3 is 3.00 bits per heavy atom. The van der Waals surface area contributed by atoms with E-state index in [1.54, 1.807) is 23.6 Å². The molecule has 0 aromatic carbocycles. The number of thiazole rings is 1. The van der Waals surface area contributed by atoms with Crippen LogP contribution in [-0.4, -0.2) is 14.8 Å². The lowest BCUT2D eigenvalue weighted by atomic mass is 10.3. The molecule has 6 heteroatoms. The molecule has 0 radical (unpaired) electrons. The SMILES string of the molecule is Cc1cnn(CCc2nc(CCl)cs2)c(=O)c1. The summed E-state index contributed by atoms with van der Waals surface area (Å²) < 4.78 is 1.45. The molecular weight excluding hydrogens is 258 g/mol. The Bertz CT molecular complexity index is 564. The maximum atomic E-state index is 11.6. The normalized spacial score (nSPS) is 10.7. The van der Waals surface area contributed by atoms with Crippen LogP contribution in [0.5, 0.6) is 0 Å². The Hall–Kier alpha value is -1.20. The summed E-state index contributed by atoms with van der Waals surface area (Å²) in [5.41, 5.74) is 1.69. The molecule has 2 heterocycles. The van der Waals surface area contributed by atoms with Gasteiger partial charge < -0.3 is 0 Å². The minimum atomic E-state index is -0.0703. The van der Waals surface area contributed by atoms with Gasteiger partial charge in [-0.3, -0.25) is 4.79 Å². The summed E-state index contributed by atoms with van der Waals surface area (Å²) in [6.07, 6.45) is 2.39. The highest BCUT2D eigenvalue weighted by Gasteiger charge is 2.03. The second-order valence-electron chi connectivity index (χ2n) is 3.71. The first-order valence-corrected chi connectivity index (χ1v) is 6.63. The Balaban J connectivity index is 2.04. The molecule has 2 aromatic heterocycles. The fourth-order valence-electron chi connectivity index (χ4n) is 1.42. The van der Waals surface area contributed by atoms with Crippen LogP contribution in [-0.2, 0) is 18.8 Å². The van der Waals surface area contributed by atoms with Gasteiger partial charge in [-0.2, -0.15) is 5.10 Å². The Morgan fingerprint density at radius 1 is 1.53 bits per heavy atom. The van der Waals surface area contributed by atoms with Crippen LogP contribution in [0.25, 0.3) is 0 Å². The molecule has 0 spiro atoms. The molecule has 0 unspecified atom stereocenters. The molecule has 0 atom stereocenters. The number of rotatable bonds is 4. The molecule has 0 saturated carbocycles. The van der Waals surface area contributed by atoms with E-state index < -0.39 is 0 Å². The van der Waals surface area contributed by atoms with Crippen molar-refractivity contribution in [1.29, 1.82) is 0 Å². The Labute approximate surface area is 108 Å². The highest BCUT2D eigenvalue weighted by atomic mass is 35.5. The van der Waals surface area contributed by atoms with Crippen molar-refractivity contribution in [3.05, 3.63) is 44.3 Å². The monoisotopic (exact) mass is 269 g/mol. The quantitative estimate of drug-likeness (QED) is 0.798. The highest BCUT2D eigenvalue weighted by molar-refractivity contribution is 7.09. The van der Waals surface area contributed by atoms with Crippen molar-refractivity contribution in [2.75, 3.05) is 0 Å². The zero-order valence-corrected chi connectivity index (χ0v) is 11.0. The van der Waals surface area contributed by atoms with E-state index in [-0.39, 0.29) is 5.56 Å². The molecule has 4 nitrogen and oxygen atoms in total. The summed E-state index contributed by atoms with van der Waals surface area (Å²) >= 11 is 7.24. The average molecular weight is 270 g/mol. The molecule has 0 aliphatic carbocycles. The third-order valence-corrected chi connectivity index (χ3v) is 3.51. The molecule has 0 aliphatic rings. The van der Waals surface area contributed by atoms with Gasteiger partial charge in [-0.25, -0.2) is 9.67 Å². The third kappa shape index (κ3) is 3.14. The minimum Gasteiger partial charge on any atom is -0.268 e. The van der Waals surface area contributed by atoms with E-state index in [0.717, 1.165) is 16.3 Å². The van der Waals surface area contributed by atoms with Crippen LogP contribution in [0.2, 0.25) is 0 Å². The molecule has 0 bridgehead atoms. The second-order valence-corrected chi connectivity index (χ2v) is 4.92. The van der Waals surface area contributed by atoms with Crippen molar-refractivity contribution in [2.24, 2.45) is 0 Å². The van der Waals surface area contributed by atoms with E-state index in [0.29, 0.717) is 18.8 Å². The number of alkyl halides is 1.